The molecule has 0 N–H and O–H groups in total. The molecule has 0 fully saturated rings. The van der Waals surface area contributed by atoms with Gasteiger partial charge in [-0.3, -0.25) is 0 Å². The molecule has 1 unspecified atom stereocenters. The lowest BCUT2D eigenvalue weighted by atomic mass is 9.99. The fourth-order valence-corrected chi connectivity index (χ4v) is 3.14. The lowest BCUT2D eigenvalue weighted by Crippen LogP contribution is -2.42. The van der Waals surface area contributed by atoms with Crippen LogP contribution in [0.2, 0.25) is 0 Å². The summed E-state index contributed by atoms with van der Waals surface area (Å²) in [5.74, 6) is 1.44. The van der Waals surface area contributed by atoms with Crippen molar-refractivity contribution in [2.75, 3.05) is 6.54 Å². The monoisotopic (exact) mass is 333 g/mol. The van der Waals surface area contributed by atoms with Gasteiger partial charge < -0.3 is 14.1 Å². The van der Waals surface area contributed by atoms with E-state index in [4.69, 9.17) is 9.15 Å². The Morgan fingerprint density at radius 2 is 1.88 bits per heavy atom. The third-order valence-electron chi connectivity index (χ3n) is 4.51. The number of amides is 1. The Hall–Kier alpha value is -3.01. The summed E-state index contributed by atoms with van der Waals surface area (Å²) in [4.78, 5) is 14.1. The largest absolute Gasteiger partial charge is 0.456 e. The minimum Gasteiger partial charge on any atom is -0.456 e. The van der Waals surface area contributed by atoms with Gasteiger partial charge in [0.1, 0.15) is 17.1 Å². The molecule has 1 aliphatic heterocycles. The Balaban J connectivity index is 1.51. The number of para-hydroxylation sites is 2. The van der Waals surface area contributed by atoms with E-state index in [1.165, 1.54) is 0 Å². The van der Waals surface area contributed by atoms with Gasteiger partial charge in [-0.1, -0.05) is 42.5 Å². The number of ether oxygens (including phenoxy) is 1. The van der Waals surface area contributed by atoms with Gasteiger partial charge in [0.25, 0.3) is 0 Å². The number of hydrogen-bond acceptors (Lipinski definition) is 3. The van der Waals surface area contributed by atoms with Crippen molar-refractivity contribution in [3.8, 4) is 5.75 Å². The highest BCUT2D eigenvalue weighted by atomic mass is 16.6. The second-order valence-electron chi connectivity index (χ2n) is 6.26. The van der Waals surface area contributed by atoms with E-state index < -0.39 is 0 Å². The highest BCUT2D eigenvalue weighted by Gasteiger charge is 2.27. The first-order valence-corrected chi connectivity index (χ1v) is 8.42. The van der Waals surface area contributed by atoms with Crippen molar-refractivity contribution < 1.29 is 13.9 Å². The second-order valence-corrected chi connectivity index (χ2v) is 6.26. The molecule has 0 radical (unpaired) electrons. The van der Waals surface area contributed by atoms with E-state index >= 15 is 0 Å². The molecule has 1 aromatic heterocycles. The molecule has 25 heavy (non-hydrogen) atoms. The first-order chi connectivity index (χ1) is 12.2. The van der Waals surface area contributed by atoms with Crippen LogP contribution in [0.4, 0.5) is 4.79 Å². The van der Waals surface area contributed by atoms with E-state index in [9.17, 15) is 4.79 Å². The summed E-state index contributed by atoms with van der Waals surface area (Å²) in [6.45, 7) is 2.54. The van der Waals surface area contributed by atoms with Gasteiger partial charge in [0.15, 0.2) is 0 Å². The van der Waals surface area contributed by atoms with Gasteiger partial charge in [0, 0.05) is 18.0 Å². The van der Waals surface area contributed by atoms with Crippen LogP contribution in [-0.4, -0.2) is 23.6 Å². The van der Waals surface area contributed by atoms with Gasteiger partial charge in [0.2, 0.25) is 0 Å². The SMILES string of the molecule is CC1CC(c2cc3ccccc3o2)=CCN1C(=O)Oc1ccccc1. The normalized spacial score (nSPS) is 17.4. The van der Waals surface area contributed by atoms with Crippen molar-refractivity contribution in [3.63, 3.8) is 0 Å². The number of nitrogens with zero attached hydrogens (tertiary/aromatic N) is 1. The van der Waals surface area contributed by atoms with Crippen molar-refractivity contribution >= 4 is 22.6 Å². The molecule has 2 aromatic carbocycles. The molecule has 4 rings (SSSR count). The number of carbonyl (C=O) groups excluding carboxylic acids is 1. The molecule has 126 valence electrons. The maximum atomic E-state index is 12.4. The summed E-state index contributed by atoms with van der Waals surface area (Å²) in [6, 6.07) is 19.2. The van der Waals surface area contributed by atoms with Gasteiger partial charge in [-0.25, -0.2) is 4.79 Å². The summed E-state index contributed by atoms with van der Waals surface area (Å²) < 4.78 is 11.4. The van der Waals surface area contributed by atoms with Crippen LogP contribution in [0.25, 0.3) is 16.5 Å². The highest BCUT2D eigenvalue weighted by Crippen LogP contribution is 2.31. The fourth-order valence-electron chi connectivity index (χ4n) is 3.14. The molecule has 1 aliphatic rings. The zero-order valence-electron chi connectivity index (χ0n) is 14.0. The summed E-state index contributed by atoms with van der Waals surface area (Å²) in [7, 11) is 0. The van der Waals surface area contributed by atoms with Gasteiger partial charge >= 0.3 is 6.09 Å². The van der Waals surface area contributed by atoms with Crippen molar-refractivity contribution in [1.29, 1.82) is 0 Å². The van der Waals surface area contributed by atoms with Gasteiger partial charge in [-0.05, 0) is 43.2 Å². The van der Waals surface area contributed by atoms with Gasteiger partial charge in [-0.15, -0.1) is 0 Å². The zero-order chi connectivity index (χ0) is 17.2. The number of rotatable bonds is 2. The molecule has 1 amide bonds. The molecule has 0 bridgehead atoms. The third kappa shape index (κ3) is 3.15. The highest BCUT2D eigenvalue weighted by molar-refractivity contribution is 5.82. The Bertz CT molecular complexity index is 893. The zero-order valence-corrected chi connectivity index (χ0v) is 14.0. The summed E-state index contributed by atoms with van der Waals surface area (Å²) in [6.07, 6.45) is 2.46. The van der Waals surface area contributed by atoms with Crippen LogP contribution < -0.4 is 4.74 Å². The molecule has 2 heterocycles. The minimum absolute atomic E-state index is 0.0458. The van der Waals surface area contributed by atoms with Crippen LogP contribution in [0.1, 0.15) is 19.1 Å². The van der Waals surface area contributed by atoms with E-state index in [2.05, 4.69) is 6.07 Å². The van der Waals surface area contributed by atoms with Crippen molar-refractivity contribution in [1.82, 2.24) is 4.90 Å². The van der Waals surface area contributed by atoms with Crippen LogP contribution in [-0.2, 0) is 0 Å². The first kappa shape index (κ1) is 15.5. The van der Waals surface area contributed by atoms with E-state index in [1.54, 1.807) is 17.0 Å². The van der Waals surface area contributed by atoms with Gasteiger partial charge in [0.05, 0.1) is 0 Å². The van der Waals surface area contributed by atoms with Crippen molar-refractivity contribution in [3.05, 3.63) is 72.5 Å². The van der Waals surface area contributed by atoms with Crippen LogP contribution in [0, 0.1) is 0 Å². The molecule has 0 spiro atoms. The third-order valence-corrected chi connectivity index (χ3v) is 4.51. The Kier molecular flexibility index (Phi) is 4.02. The topological polar surface area (TPSA) is 42.7 Å². The summed E-state index contributed by atoms with van der Waals surface area (Å²) in [5.41, 5.74) is 2.02. The molecular weight excluding hydrogens is 314 g/mol. The molecule has 4 heteroatoms. The number of furan rings is 1. The smallest absolute Gasteiger partial charge is 0.415 e. The van der Waals surface area contributed by atoms with Crippen molar-refractivity contribution in [2.45, 2.75) is 19.4 Å². The van der Waals surface area contributed by atoms with Crippen molar-refractivity contribution in [2.24, 2.45) is 0 Å². The van der Waals surface area contributed by atoms with Crippen LogP contribution in [0.3, 0.4) is 0 Å². The Morgan fingerprint density at radius 3 is 2.64 bits per heavy atom. The quantitative estimate of drug-likeness (QED) is 0.654. The maximum Gasteiger partial charge on any atom is 0.415 e. The first-order valence-electron chi connectivity index (χ1n) is 8.42. The average molecular weight is 333 g/mol. The fraction of sp³-hybridized carbons (Fsp3) is 0.190. The second kappa shape index (κ2) is 6.48. The molecular formula is C21H19NO3. The Morgan fingerprint density at radius 1 is 1.12 bits per heavy atom. The molecule has 0 saturated carbocycles. The lowest BCUT2D eigenvalue weighted by Gasteiger charge is -2.31. The minimum atomic E-state index is -0.321. The van der Waals surface area contributed by atoms with Crippen LogP contribution in [0.15, 0.2) is 71.2 Å². The molecule has 0 aliphatic carbocycles. The maximum absolute atomic E-state index is 12.4. The average Bonchev–Trinajstić information content (AvgIpc) is 3.06. The van der Waals surface area contributed by atoms with E-state index in [-0.39, 0.29) is 12.1 Å². The van der Waals surface area contributed by atoms with Crippen LogP contribution >= 0.6 is 0 Å². The number of benzene rings is 2. The van der Waals surface area contributed by atoms with E-state index in [0.29, 0.717) is 12.3 Å². The lowest BCUT2D eigenvalue weighted by molar-refractivity contribution is 0.140. The number of carbonyl (C=O) groups is 1. The summed E-state index contributed by atoms with van der Waals surface area (Å²) >= 11 is 0. The standard InChI is InChI=1S/C21H19NO3/c1-15-13-17(20-14-16-7-5-6-10-19(16)25-20)11-12-22(15)21(23)24-18-8-3-2-4-9-18/h2-11,14-15H,12-13H2,1H3. The summed E-state index contributed by atoms with van der Waals surface area (Å²) in [5, 5.41) is 1.09. The van der Waals surface area contributed by atoms with Crippen LogP contribution in [0.5, 0.6) is 5.75 Å². The Labute approximate surface area is 146 Å². The molecule has 3 aromatic rings. The predicted octanol–water partition coefficient (Wildman–Crippen LogP) is 5.11. The predicted molar refractivity (Wildman–Crippen MR) is 97.4 cm³/mol. The molecule has 1 atom stereocenters. The molecule has 4 nitrogen and oxygen atoms in total. The van der Waals surface area contributed by atoms with Gasteiger partial charge in [-0.2, -0.15) is 0 Å². The van der Waals surface area contributed by atoms with E-state index in [0.717, 1.165) is 28.7 Å². The number of fused-ring (bicyclic) bond motifs is 1. The molecule has 0 saturated heterocycles. The number of hydrogen-bond donors (Lipinski definition) is 0. The van der Waals surface area contributed by atoms with E-state index in [1.807, 2.05) is 55.5 Å².